The van der Waals surface area contributed by atoms with Crippen LogP contribution in [0, 0.1) is 5.92 Å². The van der Waals surface area contributed by atoms with E-state index in [0.29, 0.717) is 29.7 Å². The molecule has 2 aromatic rings. The Labute approximate surface area is 178 Å². The number of hydrogen-bond acceptors (Lipinski definition) is 3. The van der Waals surface area contributed by atoms with Crippen molar-refractivity contribution in [2.75, 3.05) is 23.7 Å². The number of nitrogens with zero attached hydrogens (tertiary/aromatic N) is 2. The Balaban J connectivity index is 1.66. The number of benzene rings is 2. The highest BCUT2D eigenvalue weighted by atomic mass is 35.5. The number of carbonyl (C=O) groups excluding carboxylic acids is 1. The van der Waals surface area contributed by atoms with Crippen LogP contribution in [0.5, 0.6) is 0 Å². The predicted molar refractivity (Wildman–Crippen MR) is 118 cm³/mol. The molecule has 1 atom stereocenters. The lowest BCUT2D eigenvalue weighted by molar-refractivity contribution is -0.133. The molecule has 0 aliphatic carbocycles. The zero-order valence-electron chi connectivity index (χ0n) is 16.8. The Bertz CT molecular complexity index is 924. The molecule has 156 valence electrons. The first-order valence-electron chi connectivity index (χ1n) is 9.83. The van der Waals surface area contributed by atoms with Crippen molar-refractivity contribution in [2.24, 2.45) is 5.92 Å². The van der Waals surface area contributed by atoms with Crippen molar-refractivity contribution >= 4 is 33.2 Å². The van der Waals surface area contributed by atoms with Gasteiger partial charge in [-0.15, -0.1) is 0 Å². The fourth-order valence-electron chi connectivity index (χ4n) is 3.96. The van der Waals surface area contributed by atoms with Gasteiger partial charge in [0.25, 0.3) is 0 Å². The molecule has 0 N–H and O–H groups in total. The number of amides is 1. The highest BCUT2D eigenvalue weighted by molar-refractivity contribution is 7.92. The van der Waals surface area contributed by atoms with Gasteiger partial charge in [0.2, 0.25) is 15.9 Å². The minimum absolute atomic E-state index is 0.163. The molecule has 0 radical (unpaired) electrons. The van der Waals surface area contributed by atoms with E-state index in [1.165, 1.54) is 9.87 Å². The highest BCUT2D eigenvalue weighted by Crippen LogP contribution is 2.26. The normalized spacial score (nSPS) is 16.4. The Morgan fingerprint density at radius 3 is 2.24 bits per heavy atom. The summed E-state index contributed by atoms with van der Waals surface area (Å²) in [5.41, 5.74) is 1.76. The van der Waals surface area contributed by atoms with Crippen LogP contribution in [0.25, 0.3) is 0 Å². The summed E-state index contributed by atoms with van der Waals surface area (Å²) in [6.07, 6.45) is 3.98. The van der Waals surface area contributed by atoms with E-state index in [2.05, 4.69) is 12.1 Å². The first kappa shape index (κ1) is 21.7. The first-order chi connectivity index (χ1) is 13.8. The fourth-order valence-corrected chi connectivity index (χ4v) is 5.25. The number of carbonyl (C=O) groups is 1. The van der Waals surface area contributed by atoms with Gasteiger partial charge in [0, 0.05) is 18.1 Å². The third-order valence-electron chi connectivity index (χ3n) is 5.44. The molecule has 1 heterocycles. The summed E-state index contributed by atoms with van der Waals surface area (Å²) in [6.45, 7) is 2.95. The van der Waals surface area contributed by atoms with Crippen molar-refractivity contribution in [3.63, 3.8) is 0 Å². The molecule has 1 unspecified atom stereocenters. The Kier molecular flexibility index (Phi) is 6.85. The van der Waals surface area contributed by atoms with E-state index in [9.17, 15) is 13.2 Å². The quantitative estimate of drug-likeness (QED) is 0.691. The Hall–Kier alpha value is -2.05. The molecule has 5 nitrogen and oxygen atoms in total. The van der Waals surface area contributed by atoms with Crippen LogP contribution in [0.1, 0.15) is 25.3 Å². The summed E-state index contributed by atoms with van der Waals surface area (Å²) in [4.78, 5) is 14.9. The van der Waals surface area contributed by atoms with Gasteiger partial charge < -0.3 is 4.90 Å². The van der Waals surface area contributed by atoms with Gasteiger partial charge in [0.1, 0.15) is 6.04 Å². The van der Waals surface area contributed by atoms with Crippen LogP contribution in [0.2, 0.25) is 5.02 Å². The average Bonchev–Trinajstić information content (AvgIpc) is 2.69. The van der Waals surface area contributed by atoms with Gasteiger partial charge >= 0.3 is 0 Å². The summed E-state index contributed by atoms with van der Waals surface area (Å²) < 4.78 is 26.0. The van der Waals surface area contributed by atoms with E-state index < -0.39 is 16.1 Å². The van der Waals surface area contributed by atoms with Crippen LogP contribution in [-0.2, 0) is 21.2 Å². The van der Waals surface area contributed by atoms with Crippen molar-refractivity contribution < 1.29 is 13.2 Å². The van der Waals surface area contributed by atoms with Gasteiger partial charge in [-0.3, -0.25) is 9.10 Å². The third-order valence-corrected chi connectivity index (χ3v) is 6.93. The third kappa shape index (κ3) is 5.52. The molecule has 1 fully saturated rings. The van der Waals surface area contributed by atoms with Gasteiger partial charge in [-0.25, -0.2) is 8.42 Å². The molecule has 3 rings (SSSR count). The number of anilines is 1. The molecule has 7 heteroatoms. The van der Waals surface area contributed by atoms with E-state index in [4.69, 9.17) is 11.6 Å². The topological polar surface area (TPSA) is 57.7 Å². The highest BCUT2D eigenvalue weighted by Gasteiger charge is 2.33. The van der Waals surface area contributed by atoms with Crippen molar-refractivity contribution in [3.8, 4) is 0 Å². The molecule has 0 bridgehead atoms. The van der Waals surface area contributed by atoms with Crippen LogP contribution < -0.4 is 4.31 Å². The van der Waals surface area contributed by atoms with Gasteiger partial charge in [-0.2, -0.15) is 0 Å². The van der Waals surface area contributed by atoms with Gasteiger partial charge in [0.15, 0.2) is 0 Å². The molecular formula is C22H27ClN2O3S. The molecule has 0 saturated carbocycles. The maximum atomic E-state index is 13.1. The maximum absolute atomic E-state index is 13.1. The molecule has 2 aromatic carbocycles. The van der Waals surface area contributed by atoms with Crippen molar-refractivity contribution in [3.05, 3.63) is 65.2 Å². The van der Waals surface area contributed by atoms with E-state index >= 15 is 0 Å². The smallest absolute Gasteiger partial charge is 0.246 e. The summed E-state index contributed by atoms with van der Waals surface area (Å²) in [5.74, 6) is 0.377. The van der Waals surface area contributed by atoms with Crippen molar-refractivity contribution in [1.82, 2.24) is 4.90 Å². The number of piperidine rings is 1. The number of likely N-dealkylation sites (tertiary alicyclic amines) is 1. The summed E-state index contributed by atoms with van der Waals surface area (Å²) in [5, 5.41) is 0.515. The number of sulfonamides is 1. The fraction of sp³-hybridized carbons (Fsp3) is 0.409. The van der Waals surface area contributed by atoms with Crippen LogP contribution in [0.15, 0.2) is 54.6 Å². The molecule has 0 aromatic heterocycles. The SMILES string of the molecule is CC(C(=O)N1CCC(Cc2ccccc2)CC1)N(c1ccc(Cl)cc1)S(C)(=O)=O. The Morgan fingerprint density at radius 1 is 1.10 bits per heavy atom. The largest absolute Gasteiger partial charge is 0.341 e. The first-order valence-corrected chi connectivity index (χ1v) is 12.1. The van der Waals surface area contributed by atoms with E-state index in [1.54, 1.807) is 36.1 Å². The number of rotatable bonds is 6. The molecule has 1 amide bonds. The summed E-state index contributed by atoms with van der Waals surface area (Å²) in [7, 11) is -3.62. The second kappa shape index (κ2) is 9.18. The van der Waals surface area contributed by atoms with E-state index in [-0.39, 0.29) is 5.91 Å². The maximum Gasteiger partial charge on any atom is 0.246 e. The standard InChI is InChI=1S/C22H27ClN2O3S/c1-17(25(29(2,27)28)21-10-8-20(23)9-11-21)22(26)24-14-12-19(13-15-24)16-18-6-4-3-5-7-18/h3-11,17,19H,12-16H2,1-2H3. The molecule has 29 heavy (non-hydrogen) atoms. The van der Waals surface area contributed by atoms with Crippen LogP contribution >= 0.6 is 11.6 Å². The summed E-state index contributed by atoms with van der Waals surface area (Å²) in [6, 6.07) is 16.1. The molecule has 1 saturated heterocycles. The lowest BCUT2D eigenvalue weighted by Gasteiger charge is -2.36. The predicted octanol–water partition coefficient (Wildman–Crippen LogP) is 3.98. The van der Waals surface area contributed by atoms with E-state index in [1.807, 2.05) is 18.2 Å². The number of hydrogen-bond donors (Lipinski definition) is 0. The zero-order valence-corrected chi connectivity index (χ0v) is 18.4. The lowest BCUT2D eigenvalue weighted by Crippen LogP contribution is -2.51. The second-order valence-electron chi connectivity index (χ2n) is 7.67. The molecular weight excluding hydrogens is 408 g/mol. The zero-order chi connectivity index (χ0) is 21.0. The number of halogens is 1. The minimum atomic E-state index is -3.62. The van der Waals surface area contributed by atoms with Gasteiger partial charge in [-0.05, 0) is 61.9 Å². The Morgan fingerprint density at radius 2 is 1.69 bits per heavy atom. The van der Waals surface area contributed by atoms with Crippen molar-refractivity contribution in [2.45, 2.75) is 32.2 Å². The van der Waals surface area contributed by atoms with Crippen LogP contribution in [0.4, 0.5) is 5.69 Å². The average molecular weight is 435 g/mol. The molecule has 0 spiro atoms. The van der Waals surface area contributed by atoms with Crippen LogP contribution in [0.3, 0.4) is 0 Å². The van der Waals surface area contributed by atoms with Crippen molar-refractivity contribution in [1.29, 1.82) is 0 Å². The molecule has 1 aliphatic rings. The van der Waals surface area contributed by atoms with Crippen LogP contribution in [-0.4, -0.2) is 44.6 Å². The van der Waals surface area contributed by atoms with E-state index in [0.717, 1.165) is 25.5 Å². The van der Waals surface area contributed by atoms with Gasteiger partial charge in [0.05, 0.1) is 11.9 Å². The summed E-state index contributed by atoms with van der Waals surface area (Å²) >= 11 is 5.92. The lowest BCUT2D eigenvalue weighted by atomic mass is 9.90. The molecule has 1 aliphatic heterocycles. The van der Waals surface area contributed by atoms with Gasteiger partial charge in [-0.1, -0.05) is 41.9 Å². The second-order valence-corrected chi connectivity index (χ2v) is 9.97. The monoisotopic (exact) mass is 434 g/mol. The minimum Gasteiger partial charge on any atom is -0.341 e.